The van der Waals surface area contributed by atoms with Crippen molar-refractivity contribution in [1.82, 2.24) is 9.97 Å². The second-order valence-electron chi connectivity index (χ2n) is 11.6. The van der Waals surface area contributed by atoms with Gasteiger partial charge in [-0.2, -0.15) is 0 Å². The Labute approximate surface area is 301 Å². The molecule has 11 nitrogen and oxygen atoms in total. The lowest BCUT2D eigenvalue weighted by molar-refractivity contribution is 0.0698. The Balaban J connectivity index is 1.64. The van der Waals surface area contributed by atoms with E-state index in [-0.39, 0.29) is 41.8 Å². The summed E-state index contributed by atoms with van der Waals surface area (Å²) < 4.78 is 41.2. The number of aromatic carboxylic acids is 1. The van der Waals surface area contributed by atoms with E-state index < -0.39 is 5.97 Å². The van der Waals surface area contributed by atoms with E-state index in [2.05, 4.69) is 0 Å². The quantitative estimate of drug-likeness (QED) is 0.118. The standard InChI is InChI=1S/C41H38N2O9/c1-24-33(27-18-20-30(46-2)39(50-6)38(27)51-22-25-13-9-7-10-14-25)34(41(44)45)36(43-40(24)52-23-26-15-11-8-12-16-26)29-19-17-28-35(42-29)31(47-3)21-32(48-4)37(28)49-5/h7-21H,22-23H2,1-6H3,(H,44,45). The molecule has 266 valence electrons. The lowest BCUT2D eigenvalue weighted by Gasteiger charge is -2.22. The topological polar surface area (TPSA) is 128 Å². The molecule has 0 aliphatic rings. The number of carbonyl (C=O) groups is 1. The molecule has 0 amide bonds. The van der Waals surface area contributed by atoms with Crippen molar-refractivity contribution in [2.75, 3.05) is 35.5 Å². The van der Waals surface area contributed by atoms with Crippen LogP contribution in [0.3, 0.4) is 0 Å². The molecule has 0 fully saturated rings. The van der Waals surface area contributed by atoms with E-state index in [4.69, 9.17) is 43.1 Å². The Bertz CT molecular complexity index is 2220. The first-order valence-electron chi connectivity index (χ1n) is 16.3. The largest absolute Gasteiger partial charge is 0.494 e. The number of rotatable bonds is 14. The van der Waals surface area contributed by atoms with Crippen LogP contribution in [0, 0.1) is 6.92 Å². The van der Waals surface area contributed by atoms with Crippen LogP contribution < -0.4 is 33.2 Å². The van der Waals surface area contributed by atoms with E-state index >= 15 is 0 Å². The first-order valence-corrected chi connectivity index (χ1v) is 16.3. The number of carboxylic acids is 1. The molecule has 0 saturated carbocycles. The zero-order chi connectivity index (χ0) is 36.8. The first-order chi connectivity index (χ1) is 25.3. The number of pyridine rings is 2. The molecule has 0 radical (unpaired) electrons. The zero-order valence-electron chi connectivity index (χ0n) is 29.7. The van der Waals surface area contributed by atoms with E-state index in [0.29, 0.717) is 56.3 Å². The molecule has 2 heterocycles. The van der Waals surface area contributed by atoms with Gasteiger partial charge in [0.1, 0.15) is 30.2 Å². The predicted octanol–water partition coefficient (Wildman–Crippen LogP) is 8.17. The summed E-state index contributed by atoms with van der Waals surface area (Å²) in [5.41, 5.74) is 3.65. The molecule has 52 heavy (non-hydrogen) atoms. The second-order valence-corrected chi connectivity index (χ2v) is 11.6. The van der Waals surface area contributed by atoms with Gasteiger partial charge in [-0.3, -0.25) is 0 Å². The zero-order valence-corrected chi connectivity index (χ0v) is 29.7. The Hall–Kier alpha value is -6.49. The van der Waals surface area contributed by atoms with Gasteiger partial charge in [-0.25, -0.2) is 14.8 Å². The monoisotopic (exact) mass is 702 g/mol. The second kappa shape index (κ2) is 15.6. The minimum atomic E-state index is -1.24. The molecule has 0 bridgehead atoms. The van der Waals surface area contributed by atoms with Gasteiger partial charge in [0.2, 0.25) is 11.6 Å². The lowest BCUT2D eigenvalue weighted by atomic mass is 9.92. The molecular weight excluding hydrogens is 664 g/mol. The maximum atomic E-state index is 13.5. The van der Waals surface area contributed by atoms with Crippen LogP contribution in [0.15, 0.2) is 91.0 Å². The van der Waals surface area contributed by atoms with Gasteiger partial charge in [0.05, 0.1) is 52.2 Å². The molecule has 0 aliphatic heterocycles. The van der Waals surface area contributed by atoms with E-state index in [1.807, 2.05) is 60.7 Å². The average molecular weight is 703 g/mol. The van der Waals surface area contributed by atoms with Crippen LogP contribution in [0.1, 0.15) is 27.0 Å². The van der Waals surface area contributed by atoms with Gasteiger partial charge in [0, 0.05) is 22.8 Å². The molecule has 0 unspecified atom stereocenters. The number of carboxylic acid groups (broad SMARTS) is 1. The van der Waals surface area contributed by atoms with Crippen LogP contribution in [0.25, 0.3) is 33.4 Å². The fourth-order valence-corrected chi connectivity index (χ4v) is 6.08. The molecule has 0 saturated heterocycles. The predicted molar refractivity (Wildman–Crippen MR) is 196 cm³/mol. The van der Waals surface area contributed by atoms with Crippen molar-refractivity contribution in [3.05, 3.63) is 113 Å². The molecule has 0 aliphatic carbocycles. The highest BCUT2D eigenvalue weighted by atomic mass is 16.5. The molecular formula is C41H38N2O9. The fourth-order valence-electron chi connectivity index (χ4n) is 6.08. The Kier molecular flexibility index (Phi) is 10.6. The fraction of sp³-hybridized carbons (Fsp3) is 0.195. The number of hydrogen-bond acceptors (Lipinski definition) is 10. The van der Waals surface area contributed by atoms with E-state index in [1.54, 1.807) is 37.3 Å². The summed E-state index contributed by atoms with van der Waals surface area (Å²) in [5.74, 6) is 1.27. The Morgan fingerprint density at radius 2 is 1.25 bits per heavy atom. The summed E-state index contributed by atoms with van der Waals surface area (Å²) in [4.78, 5) is 23.3. The van der Waals surface area contributed by atoms with Crippen molar-refractivity contribution >= 4 is 16.9 Å². The number of fused-ring (bicyclic) bond motifs is 1. The van der Waals surface area contributed by atoms with Gasteiger partial charge < -0.3 is 38.3 Å². The van der Waals surface area contributed by atoms with Crippen molar-refractivity contribution in [1.29, 1.82) is 0 Å². The number of hydrogen-bond donors (Lipinski definition) is 1. The van der Waals surface area contributed by atoms with Gasteiger partial charge in [0.25, 0.3) is 0 Å². The molecule has 1 N–H and O–H groups in total. The Morgan fingerprint density at radius 3 is 1.83 bits per heavy atom. The highest BCUT2D eigenvalue weighted by Gasteiger charge is 2.30. The van der Waals surface area contributed by atoms with E-state index in [1.165, 1.54) is 35.5 Å². The minimum Gasteiger partial charge on any atom is -0.494 e. The van der Waals surface area contributed by atoms with Gasteiger partial charge in [-0.15, -0.1) is 0 Å². The van der Waals surface area contributed by atoms with Crippen LogP contribution in [0.4, 0.5) is 0 Å². The van der Waals surface area contributed by atoms with E-state index in [9.17, 15) is 9.90 Å². The number of methoxy groups -OCH3 is 5. The van der Waals surface area contributed by atoms with Crippen molar-refractivity contribution < 1.29 is 43.1 Å². The Morgan fingerprint density at radius 1 is 0.635 bits per heavy atom. The van der Waals surface area contributed by atoms with Crippen LogP contribution >= 0.6 is 0 Å². The smallest absolute Gasteiger partial charge is 0.338 e. The van der Waals surface area contributed by atoms with Crippen molar-refractivity contribution in [2.24, 2.45) is 0 Å². The molecule has 0 spiro atoms. The lowest BCUT2D eigenvalue weighted by Crippen LogP contribution is -2.11. The van der Waals surface area contributed by atoms with E-state index in [0.717, 1.165) is 11.1 Å². The summed E-state index contributed by atoms with van der Waals surface area (Å²) in [6, 6.07) is 27.8. The number of ether oxygens (including phenoxy) is 7. The molecule has 6 rings (SSSR count). The number of nitrogens with zero attached hydrogens (tertiary/aromatic N) is 2. The van der Waals surface area contributed by atoms with Gasteiger partial charge >= 0.3 is 5.97 Å². The van der Waals surface area contributed by atoms with Crippen LogP contribution in [0.5, 0.6) is 40.4 Å². The van der Waals surface area contributed by atoms with Crippen LogP contribution in [0.2, 0.25) is 0 Å². The maximum Gasteiger partial charge on any atom is 0.338 e. The number of aromatic nitrogens is 2. The van der Waals surface area contributed by atoms with Gasteiger partial charge in [-0.05, 0) is 42.3 Å². The first kappa shape index (κ1) is 35.3. The normalized spacial score (nSPS) is 10.8. The molecule has 11 heteroatoms. The third-order valence-corrected chi connectivity index (χ3v) is 8.57. The minimum absolute atomic E-state index is 0.0682. The summed E-state index contributed by atoms with van der Waals surface area (Å²) in [7, 11) is 7.61. The molecule has 6 aromatic rings. The van der Waals surface area contributed by atoms with Gasteiger partial charge in [0.15, 0.2) is 23.0 Å². The molecule has 0 atom stereocenters. The summed E-state index contributed by atoms with van der Waals surface area (Å²) in [6.45, 7) is 2.12. The SMILES string of the molecule is COc1ccc(-c2c(C)c(OCc3ccccc3)nc(-c3ccc4c(OC)c(OC)cc(OC)c4n3)c2C(=O)O)c(OCc2ccccc2)c1OC. The van der Waals surface area contributed by atoms with Crippen molar-refractivity contribution in [3.63, 3.8) is 0 Å². The third-order valence-electron chi connectivity index (χ3n) is 8.57. The maximum absolute atomic E-state index is 13.5. The van der Waals surface area contributed by atoms with Crippen molar-refractivity contribution in [2.45, 2.75) is 20.1 Å². The van der Waals surface area contributed by atoms with Crippen LogP contribution in [-0.2, 0) is 13.2 Å². The highest BCUT2D eigenvalue weighted by Crippen LogP contribution is 2.49. The summed E-state index contributed by atoms with van der Waals surface area (Å²) >= 11 is 0. The third kappa shape index (κ3) is 6.80. The highest BCUT2D eigenvalue weighted by molar-refractivity contribution is 6.05. The summed E-state index contributed by atoms with van der Waals surface area (Å²) in [5, 5.41) is 11.6. The molecule has 2 aromatic heterocycles. The van der Waals surface area contributed by atoms with Crippen molar-refractivity contribution in [3.8, 4) is 62.9 Å². The summed E-state index contributed by atoms with van der Waals surface area (Å²) in [6.07, 6.45) is 0. The van der Waals surface area contributed by atoms with Crippen LogP contribution in [-0.4, -0.2) is 56.6 Å². The van der Waals surface area contributed by atoms with Gasteiger partial charge in [-0.1, -0.05) is 60.7 Å². The average Bonchev–Trinajstić information content (AvgIpc) is 3.18. The number of benzene rings is 4. The molecule has 4 aromatic carbocycles.